The predicted molar refractivity (Wildman–Crippen MR) is 107 cm³/mol. The van der Waals surface area contributed by atoms with Crippen molar-refractivity contribution in [3.63, 3.8) is 0 Å². The summed E-state index contributed by atoms with van der Waals surface area (Å²) in [6.45, 7) is 1.08. The lowest BCUT2D eigenvalue weighted by atomic mass is 10.0. The summed E-state index contributed by atoms with van der Waals surface area (Å²) >= 11 is 1.61. The van der Waals surface area contributed by atoms with E-state index in [1.807, 2.05) is 35.0 Å². The maximum Gasteiger partial charge on any atom is 0.254 e. The summed E-state index contributed by atoms with van der Waals surface area (Å²) in [6.07, 6.45) is 1.30. The number of fused-ring (bicyclic) bond motifs is 1. The van der Waals surface area contributed by atoms with Gasteiger partial charge in [-0.15, -0.1) is 0 Å². The van der Waals surface area contributed by atoms with Gasteiger partial charge in [0.15, 0.2) is 0 Å². The molecule has 1 saturated carbocycles. The van der Waals surface area contributed by atoms with Crippen LogP contribution in [0.5, 0.6) is 0 Å². The lowest BCUT2D eigenvalue weighted by Crippen LogP contribution is -2.39. The molecule has 1 aromatic heterocycles. The average Bonchev–Trinajstić information content (AvgIpc) is 3.33. The van der Waals surface area contributed by atoms with Crippen molar-refractivity contribution in [3.8, 4) is 0 Å². The van der Waals surface area contributed by atoms with E-state index in [1.165, 1.54) is 0 Å². The minimum Gasteiger partial charge on any atom is -0.352 e. The lowest BCUT2D eigenvalue weighted by molar-refractivity contribution is -0.125. The number of rotatable bonds is 4. The Kier molecular flexibility index (Phi) is 5.43. The number of hydrogen-bond acceptors (Lipinski definition) is 4. The fraction of sp³-hybridized carbons (Fsp3) is 0.381. The number of nitrogens with one attached hydrogen (secondary N) is 2. The second-order valence-electron chi connectivity index (χ2n) is 7.50. The van der Waals surface area contributed by atoms with E-state index in [4.69, 9.17) is 0 Å². The molecule has 2 fully saturated rings. The third-order valence-corrected chi connectivity index (χ3v) is 6.29. The van der Waals surface area contributed by atoms with Crippen LogP contribution in [0.15, 0.2) is 47.2 Å². The molecule has 2 heterocycles. The molecule has 2 aliphatic rings. The predicted octanol–water partition coefficient (Wildman–Crippen LogP) is 2.03. The maximum atomic E-state index is 12.8. The normalized spacial score (nSPS) is 24.2. The molecule has 1 aliphatic heterocycles. The Bertz CT molecular complexity index is 853. The Morgan fingerprint density at radius 2 is 2.00 bits per heavy atom. The number of benzene rings is 1. The molecule has 1 aliphatic carbocycles. The van der Waals surface area contributed by atoms with Crippen molar-refractivity contribution >= 4 is 29.1 Å². The highest BCUT2D eigenvalue weighted by Crippen LogP contribution is 2.33. The van der Waals surface area contributed by atoms with Crippen molar-refractivity contribution in [3.05, 3.63) is 58.3 Å². The van der Waals surface area contributed by atoms with E-state index in [1.54, 1.807) is 28.4 Å². The zero-order valence-corrected chi connectivity index (χ0v) is 16.3. The van der Waals surface area contributed by atoms with E-state index in [9.17, 15) is 14.4 Å². The van der Waals surface area contributed by atoms with Gasteiger partial charge in [-0.1, -0.05) is 18.2 Å². The van der Waals surface area contributed by atoms with Crippen molar-refractivity contribution in [1.82, 2.24) is 15.5 Å². The van der Waals surface area contributed by atoms with Gasteiger partial charge in [-0.25, -0.2) is 0 Å². The summed E-state index contributed by atoms with van der Waals surface area (Å²) in [7, 11) is 0. The van der Waals surface area contributed by atoms with Gasteiger partial charge in [0.1, 0.15) is 0 Å². The Morgan fingerprint density at radius 3 is 2.75 bits per heavy atom. The van der Waals surface area contributed by atoms with E-state index in [0.29, 0.717) is 31.5 Å². The van der Waals surface area contributed by atoms with Crippen molar-refractivity contribution in [2.45, 2.75) is 25.4 Å². The Labute approximate surface area is 167 Å². The molecule has 2 N–H and O–H groups in total. The van der Waals surface area contributed by atoms with Crippen molar-refractivity contribution in [2.24, 2.45) is 11.8 Å². The van der Waals surface area contributed by atoms with Crippen LogP contribution in [-0.4, -0.2) is 41.8 Å². The molecule has 1 saturated heterocycles. The van der Waals surface area contributed by atoms with Crippen LogP contribution in [0.25, 0.3) is 0 Å². The summed E-state index contributed by atoms with van der Waals surface area (Å²) < 4.78 is 0. The van der Waals surface area contributed by atoms with Gasteiger partial charge < -0.3 is 15.5 Å². The van der Waals surface area contributed by atoms with Crippen LogP contribution < -0.4 is 10.6 Å². The highest BCUT2D eigenvalue weighted by Gasteiger charge is 2.42. The number of hydrogen-bond donors (Lipinski definition) is 2. The topological polar surface area (TPSA) is 78.5 Å². The minimum absolute atomic E-state index is 0.0226. The van der Waals surface area contributed by atoms with Gasteiger partial charge in [-0.2, -0.15) is 11.3 Å². The average molecular weight is 398 g/mol. The standard InChI is InChI=1S/C21H23N3O3S/c25-19-12-24(21(27)15-4-2-1-3-5-15)11-17-8-16(9-18(17)23-19)20(26)22-10-14-6-7-28-13-14/h1-7,13,16-18H,8-12H2,(H,22,26)(H,23,25)/t16-,17+,18+/m0/s1. The molecule has 0 bridgehead atoms. The number of carbonyl (C=O) groups is 3. The monoisotopic (exact) mass is 397 g/mol. The van der Waals surface area contributed by atoms with E-state index in [-0.39, 0.29) is 42.1 Å². The molecule has 28 heavy (non-hydrogen) atoms. The Morgan fingerprint density at radius 1 is 1.18 bits per heavy atom. The smallest absolute Gasteiger partial charge is 0.254 e. The molecule has 1 aromatic carbocycles. The molecule has 0 radical (unpaired) electrons. The third-order valence-electron chi connectivity index (χ3n) is 5.56. The van der Waals surface area contributed by atoms with Gasteiger partial charge in [-0.05, 0) is 53.3 Å². The first kappa shape index (κ1) is 18.7. The first-order valence-corrected chi connectivity index (χ1v) is 10.5. The first-order chi connectivity index (χ1) is 13.6. The molecule has 3 atom stereocenters. The summed E-state index contributed by atoms with van der Waals surface area (Å²) in [5.41, 5.74) is 1.68. The fourth-order valence-electron chi connectivity index (χ4n) is 4.14. The quantitative estimate of drug-likeness (QED) is 0.829. The second kappa shape index (κ2) is 8.14. The second-order valence-corrected chi connectivity index (χ2v) is 8.28. The van der Waals surface area contributed by atoms with E-state index < -0.39 is 0 Å². The number of thiophene rings is 1. The van der Waals surface area contributed by atoms with Gasteiger partial charge in [0.2, 0.25) is 11.8 Å². The lowest BCUT2D eigenvalue weighted by Gasteiger charge is -2.23. The molecule has 0 unspecified atom stereocenters. The maximum absolute atomic E-state index is 12.8. The molecule has 2 aromatic rings. The molecule has 4 rings (SSSR count). The summed E-state index contributed by atoms with van der Waals surface area (Å²) in [5.74, 6) is -0.316. The molecule has 146 valence electrons. The van der Waals surface area contributed by atoms with Crippen molar-refractivity contribution in [1.29, 1.82) is 0 Å². The van der Waals surface area contributed by atoms with Crippen LogP contribution in [0.1, 0.15) is 28.8 Å². The number of carbonyl (C=O) groups excluding carboxylic acids is 3. The third kappa shape index (κ3) is 4.09. The van der Waals surface area contributed by atoms with Gasteiger partial charge in [-0.3, -0.25) is 14.4 Å². The highest BCUT2D eigenvalue weighted by atomic mass is 32.1. The van der Waals surface area contributed by atoms with Crippen LogP contribution in [-0.2, 0) is 16.1 Å². The highest BCUT2D eigenvalue weighted by molar-refractivity contribution is 7.07. The summed E-state index contributed by atoms with van der Waals surface area (Å²) in [4.78, 5) is 39.3. The fourth-order valence-corrected chi connectivity index (χ4v) is 4.80. The molecule has 7 heteroatoms. The Hall–Kier alpha value is -2.67. The van der Waals surface area contributed by atoms with Crippen LogP contribution in [0.2, 0.25) is 0 Å². The zero-order valence-electron chi connectivity index (χ0n) is 15.5. The molecular formula is C21H23N3O3S. The van der Waals surface area contributed by atoms with Crippen LogP contribution >= 0.6 is 11.3 Å². The van der Waals surface area contributed by atoms with Gasteiger partial charge >= 0.3 is 0 Å². The Balaban J connectivity index is 1.40. The molecule has 3 amide bonds. The number of amides is 3. The van der Waals surface area contributed by atoms with E-state index in [0.717, 1.165) is 5.56 Å². The van der Waals surface area contributed by atoms with E-state index >= 15 is 0 Å². The van der Waals surface area contributed by atoms with Crippen LogP contribution in [0, 0.1) is 11.8 Å². The van der Waals surface area contributed by atoms with Gasteiger partial charge in [0, 0.05) is 30.6 Å². The summed E-state index contributed by atoms with van der Waals surface area (Å²) in [6, 6.07) is 11.0. The van der Waals surface area contributed by atoms with Gasteiger partial charge in [0.25, 0.3) is 5.91 Å². The molecule has 6 nitrogen and oxygen atoms in total. The first-order valence-electron chi connectivity index (χ1n) is 9.52. The molecular weight excluding hydrogens is 374 g/mol. The van der Waals surface area contributed by atoms with Crippen LogP contribution in [0.4, 0.5) is 0 Å². The zero-order chi connectivity index (χ0) is 19.5. The minimum atomic E-state index is -0.156. The van der Waals surface area contributed by atoms with Crippen molar-refractivity contribution in [2.75, 3.05) is 13.1 Å². The van der Waals surface area contributed by atoms with Gasteiger partial charge in [0.05, 0.1) is 6.54 Å². The van der Waals surface area contributed by atoms with E-state index in [2.05, 4.69) is 10.6 Å². The number of nitrogens with zero attached hydrogens (tertiary/aromatic N) is 1. The van der Waals surface area contributed by atoms with Crippen LogP contribution in [0.3, 0.4) is 0 Å². The molecule has 0 spiro atoms. The largest absolute Gasteiger partial charge is 0.352 e. The van der Waals surface area contributed by atoms with Crippen molar-refractivity contribution < 1.29 is 14.4 Å². The SMILES string of the molecule is O=C1CN(C(=O)c2ccccc2)C[C@H]2C[C@H](C(=O)NCc3ccsc3)C[C@H]2N1. The summed E-state index contributed by atoms with van der Waals surface area (Å²) in [5, 5.41) is 10.0.